The van der Waals surface area contributed by atoms with Crippen molar-refractivity contribution >= 4 is 11.6 Å². The van der Waals surface area contributed by atoms with Crippen molar-refractivity contribution in [3.05, 3.63) is 101 Å². The molecule has 26 heavy (non-hydrogen) atoms. The zero-order chi connectivity index (χ0) is 17.8. The van der Waals surface area contributed by atoms with Gasteiger partial charge in [-0.05, 0) is 28.8 Å². The maximum Gasteiger partial charge on any atom is 0.260 e. The average molecular weight is 339 g/mol. The molecule has 0 spiro atoms. The number of nitrogens with one attached hydrogen (secondary N) is 2. The van der Waals surface area contributed by atoms with Gasteiger partial charge in [0, 0.05) is 11.9 Å². The molecule has 0 fully saturated rings. The maximum atomic E-state index is 12.5. The quantitative estimate of drug-likeness (QED) is 0.559. The van der Waals surface area contributed by atoms with Crippen LogP contribution < -0.4 is 10.9 Å². The van der Waals surface area contributed by atoms with Crippen LogP contribution in [0.15, 0.2) is 95.9 Å². The van der Waals surface area contributed by atoms with Crippen LogP contribution in [0, 0.1) is 0 Å². The molecule has 4 aromatic rings. The van der Waals surface area contributed by atoms with Crippen LogP contribution in [0.5, 0.6) is 0 Å². The van der Waals surface area contributed by atoms with Gasteiger partial charge in [-0.1, -0.05) is 72.8 Å². The van der Waals surface area contributed by atoms with Crippen molar-refractivity contribution in [3.8, 4) is 22.3 Å². The number of nitrogens with zero attached hydrogens (tertiary/aromatic N) is 1. The van der Waals surface area contributed by atoms with Crippen LogP contribution in [0.25, 0.3) is 22.3 Å². The van der Waals surface area contributed by atoms with Crippen LogP contribution in [-0.2, 0) is 0 Å². The van der Waals surface area contributed by atoms with Gasteiger partial charge in [-0.3, -0.25) is 9.78 Å². The van der Waals surface area contributed by atoms with Gasteiger partial charge in [-0.25, -0.2) is 4.98 Å². The molecule has 4 rings (SSSR count). The number of rotatable bonds is 4. The summed E-state index contributed by atoms with van der Waals surface area (Å²) in [7, 11) is 0. The monoisotopic (exact) mass is 339 g/mol. The molecule has 0 saturated carbocycles. The standard InChI is InChI=1S/C22H17N3O/c26-21-20(15-23-22(25-21)24-19-9-5-2-6-10-19)18-13-11-17(12-14-18)16-7-3-1-4-8-16/h1-15H,(H2,23,24,25,26). The lowest BCUT2D eigenvalue weighted by molar-refractivity contribution is 1.12. The van der Waals surface area contributed by atoms with E-state index in [9.17, 15) is 4.79 Å². The smallest absolute Gasteiger partial charge is 0.260 e. The lowest BCUT2D eigenvalue weighted by Gasteiger charge is -2.07. The van der Waals surface area contributed by atoms with Gasteiger partial charge in [0.25, 0.3) is 5.56 Å². The molecule has 2 N–H and O–H groups in total. The van der Waals surface area contributed by atoms with E-state index in [1.54, 1.807) is 6.20 Å². The van der Waals surface area contributed by atoms with Crippen LogP contribution in [0.2, 0.25) is 0 Å². The average Bonchev–Trinajstić information content (AvgIpc) is 2.70. The second kappa shape index (κ2) is 7.07. The van der Waals surface area contributed by atoms with Crippen molar-refractivity contribution in [2.24, 2.45) is 0 Å². The fraction of sp³-hybridized carbons (Fsp3) is 0. The van der Waals surface area contributed by atoms with Gasteiger partial charge >= 0.3 is 0 Å². The molecule has 1 aromatic heterocycles. The number of aromatic nitrogens is 2. The van der Waals surface area contributed by atoms with Crippen molar-refractivity contribution < 1.29 is 0 Å². The molecule has 0 aliphatic carbocycles. The highest BCUT2D eigenvalue weighted by atomic mass is 16.1. The fourth-order valence-electron chi connectivity index (χ4n) is 2.80. The van der Waals surface area contributed by atoms with E-state index in [1.807, 2.05) is 72.8 Å². The zero-order valence-electron chi connectivity index (χ0n) is 14.0. The molecule has 0 saturated heterocycles. The maximum absolute atomic E-state index is 12.5. The Morgan fingerprint density at radius 2 is 1.27 bits per heavy atom. The van der Waals surface area contributed by atoms with Crippen molar-refractivity contribution in [2.75, 3.05) is 5.32 Å². The molecule has 4 heteroatoms. The summed E-state index contributed by atoms with van der Waals surface area (Å²) < 4.78 is 0. The Hall–Kier alpha value is -3.66. The van der Waals surface area contributed by atoms with Crippen molar-refractivity contribution in [3.63, 3.8) is 0 Å². The van der Waals surface area contributed by atoms with E-state index >= 15 is 0 Å². The molecule has 126 valence electrons. The predicted molar refractivity (Wildman–Crippen MR) is 105 cm³/mol. The van der Waals surface area contributed by atoms with E-state index < -0.39 is 0 Å². The van der Waals surface area contributed by atoms with E-state index in [1.165, 1.54) is 0 Å². The summed E-state index contributed by atoms with van der Waals surface area (Å²) in [5.41, 5.74) is 4.34. The molecule has 0 unspecified atom stereocenters. The first kappa shape index (κ1) is 15.8. The SMILES string of the molecule is O=c1[nH]c(Nc2ccccc2)ncc1-c1ccc(-c2ccccc2)cc1. The van der Waals surface area contributed by atoms with Crippen molar-refractivity contribution in [1.29, 1.82) is 0 Å². The molecule has 0 bridgehead atoms. The van der Waals surface area contributed by atoms with E-state index in [0.717, 1.165) is 22.4 Å². The summed E-state index contributed by atoms with van der Waals surface area (Å²) in [6.45, 7) is 0. The Bertz CT molecular complexity index is 1060. The van der Waals surface area contributed by atoms with E-state index in [4.69, 9.17) is 0 Å². The molecule has 0 aliphatic heterocycles. The van der Waals surface area contributed by atoms with Gasteiger partial charge in [-0.15, -0.1) is 0 Å². The number of benzene rings is 3. The van der Waals surface area contributed by atoms with E-state index in [0.29, 0.717) is 11.5 Å². The van der Waals surface area contributed by atoms with Crippen LogP contribution in [0.4, 0.5) is 11.6 Å². The summed E-state index contributed by atoms with van der Waals surface area (Å²) in [6.07, 6.45) is 1.60. The Labute approximate surface area is 151 Å². The molecule has 3 aromatic carbocycles. The Balaban J connectivity index is 1.59. The Kier molecular flexibility index (Phi) is 4.31. The third-order valence-corrected chi connectivity index (χ3v) is 4.14. The molecule has 1 heterocycles. The zero-order valence-corrected chi connectivity index (χ0v) is 14.0. The van der Waals surface area contributed by atoms with Crippen molar-refractivity contribution in [2.45, 2.75) is 0 Å². The number of hydrogen-bond acceptors (Lipinski definition) is 3. The van der Waals surface area contributed by atoms with Gasteiger partial charge in [0.1, 0.15) is 0 Å². The lowest BCUT2D eigenvalue weighted by Crippen LogP contribution is -2.12. The van der Waals surface area contributed by atoms with Gasteiger partial charge < -0.3 is 5.32 Å². The lowest BCUT2D eigenvalue weighted by atomic mass is 10.0. The van der Waals surface area contributed by atoms with Gasteiger partial charge in [0.05, 0.1) is 5.56 Å². The predicted octanol–water partition coefficient (Wildman–Crippen LogP) is 4.85. The van der Waals surface area contributed by atoms with E-state index in [2.05, 4.69) is 27.4 Å². The topological polar surface area (TPSA) is 57.8 Å². The summed E-state index contributed by atoms with van der Waals surface area (Å²) in [6, 6.07) is 27.7. The van der Waals surface area contributed by atoms with E-state index in [-0.39, 0.29) is 5.56 Å². The van der Waals surface area contributed by atoms with Crippen LogP contribution in [0.3, 0.4) is 0 Å². The first-order valence-electron chi connectivity index (χ1n) is 8.37. The summed E-state index contributed by atoms with van der Waals surface area (Å²) >= 11 is 0. The highest BCUT2D eigenvalue weighted by Crippen LogP contribution is 2.23. The largest absolute Gasteiger partial charge is 0.326 e. The molecule has 0 atom stereocenters. The summed E-state index contributed by atoms with van der Waals surface area (Å²) in [5.74, 6) is 0.422. The number of H-pyrrole nitrogens is 1. The molecule has 0 aliphatic rings. The second-order valence-corrected chi connectivity index (χ2v) is 5.91. The molecular weight excluding hydrogens is 322 g/mol. The minimum atomic E-state index is -0.175. The number of hydrogen-bond donors (Lipinski definition) is 2. The Morgan fingerprint density at radius 3 is 1.92 bits per heavy atom. The normalized spacial score (nSPS) is 10.5. The number of aromatic amines is 1. The third-order valence-electron chi connectivity index (χ3n) is 4.14. The van der Waals surface area contributed by atoms with Crippen LogP contribution in [-0.4, -0.2) is 9.97 Å². The first-order chi connectivity index (χ1) is 12.8. The van der Waals surface area contributed by atoms with Crippen LogP contribution in [0.1, 0.15) is 0 Å². The highest BCUT2D eigenvalue weighted by Gasteiger charge is 2.06. The van der Waals surface area contributed by atoms with Gasteiger partial charge in [-0.2, -0.15) is 0 Å². The van der Waals surface area contributed by atoms with Crippen LogP contribution >= 0.6 is 0 Å². The van der Waals surface area contributed by atoms with Gasteiger partial charge in [0.15, 0.2) is 0 Å². The highest BCUT2D eigenvalue weighted by molar-refractivity contribution is 5.70. The third kappa shape index (κ3) is 3.39. The minimum absolute atomic E-state index is 0.175. The van der Waals surface area contributed by atoms with Crippen molar-refractivity contribution in [1.82, 2.24) is 9.97 Å². The minimum Gasteiger partial charge on any atom is -0.326 e. The molecule has 0 amide bonds. The molecule has 0 radical (unpaired) electrons. The molecule has 4 nitrogen and oxygen atoms in total. The summed E-state index contributed by atoms with van der Waals surface area (Å²) in [5, 5.41) is 3.09. The molecular formula is C22H17N3O. The number of anilines is 2. The number of para-hydroxylation sites is 1. The first-order valence-corrected chi connectivity index (χ1v) is 8.37. The Morgan fingerprint density at radius 1 is 0.692 bits per heavy atom. The van der Waals surface area contributed by atoms with Gasteiger partial charge in [0.2, 0.25) is 5.95 Å². The summed E-state index contributed by atoms with van der Waals surface area (Å²) in [4.78, 5) is 19.6. The fourth-order valence-corrected chi connectivity index (χ4v) is 2.80. The second-order valence-electron chi connectivity index (χ2n) is 5.91.